The van der Waals surface area contributed by atoms with Crippen molar-refractivity contribution >= 4 is 17.6 Å². The van der Waals surface area contributed by atoms with Crippen molar-refractivity contribution in [2.45, 2.75) is 27.2 Å². The molecule has 0 atom stereocenters. The molecule has 17 heavy (non-hydrogen) atoms. The maximum absolute atomic E-state index is 11.3. The number of carboxylic acid groups (broad SMARTS) is 1. The Morgan fingerprint density at radius 2 is 2.00 bits per heavy atom. The summed E-state index contributed by atoms with van der Waals surface area (Å²) in [5.74, 6) is -1.26. The molecule has 0 spiro atoms. The lowest BCUT2D eigenvalue weighted by atomic mass is 10.0. The number of benzene rings is 1. The van der Waals surface area contributed by atoms with Crippen molar-refractivity contribution in [3.8, 4) is 5.75 Å². The summed E-state index contributed by atoms with van der Waals surface area (Å²) in [5, 5.41) is 9.03. The molecule has 5 nitrogen and oxygen atoms in total. The minimum atomic E-state index is -1.13. The average molecular weight is 237 g/mol. The van der Waals surface area contributed by atoms with Gasteiger partial charge in [-0.1, -0.05) is 6.92 Å². The molecule has 0 radical (unpaired) electrons. The Kier molecular flexibility index (Phi) is 3.73. The Morgan fingerprint density at radius 1 is 1.41 bits per heavy atom. The fourth-order valence-electron chi connectivity index (χ4n) is 1.62. The Hall–Kier alpha value is -2.04. The molecule has 0 saturated heterocycles. The van der Waals surface area contributed by atoms with Crippen LogP contribution >= 0.6 is 0 Å². The molecule has 1 aromatic carbocycles. The molecule has 1 aromatic rings. The van der Waals surface area contributed by atoms with Gasteiger partial charge in [-0.15, -0.1) is 0 Å². The fraction of sp³-hybridized carbons (Fsp3) is 0.333. The van der Waals surface area contributed by atoms with Crippen LogP contribution in [0.2, 0.25) is 0 Å². The van der Waals surface area contributed by atoms with Gasteiger partial charge in [0.15, 0.2) is 0 Å². The Balaban J connectivity index is 3.35. The van der Waals surface area contributed by atoms with Crippen LogP contribution in [0.3, 0.4) is 0 Å². The number of ether oxygens (including phenoxy) is 1. The largest absolute Gasteiger partial charge is 0.478 e. The smallest absolute Gasteiger partial charge is 0.338 e. The van der Waals surface area contributed by atoms with Gasteiger partial charge in [-0.25, -0.2) is 4.79 Å². The summed E-state index contributed by atoms with van der Waals surface area (Å²) in [6.07, 6.45) is 0.228. The van der Waals surface area contributed by atoms with Crippen LogP contribution in [0.5, 0.6) is 5.75 Å². The minimum absolute atomic E-state index is 0.0190. The highest BCUT2D eigenvalue weighted by Gasteiger charge is 2.19. The van der Waals surface area contributed by atoms with Gasteiger partial charge in [0, 0.05) is 17.7 Å². The molecule has 5 heteroatoms. The zero-order chi connectivity index (χ0) is 13.2. The van der Waals surface area contributed by atoms with Crippen molar-refractivity contribution < 1.29 is 19.4 Å². The number of hydrogen-bond donors (Lipinski definition) is 2. The molecule has 0 saturated carbocycles. The van der Waals surface area contributed by atoms with E-state index in [1.54, 1.807) is 20.8 Å². The zero-order valence-electron chi connectivity index (χ0n) is 10.0. The van der Waals surface area contributed by atoms with Crippen LogP contribution < -0.4 is 10.5 Å². The number of carbonyl (C=O) groups is 2. The highest BCUT2D eigenvalue weighted by atomic mass is 16.5. The first-order valence-corrected chi connectivity index (χ1v) is 5.22. The Morgan fingerprint density at radius 3 is 2.47 bits per heavy atom. The van der Waals surface area contributed by atoms with E-state index in [0.717, 1.165) is 0 Å². The van der Waals surface area contributed by atoms with Crippen molar-refractivity contribution in [1.29, 1.82) is 0 Å². The van der Waals surface area contributed by atoms with Crippen LogP contribution in [-0.4, -0.2) is 17.0 Å². The molecule has 1 rings (SSSR count). The molecule has 3 N–H and O–H groups in total. The van der Waals surface area contributed by atoms with Crippen molar-refractivity contribution in [3.05, 3.63) is 22.8 Å². The van der Waals surface area contributed by atoms with E-state index >= 15 is 0 Å². The van der Waals surface area contributed by atoms with Crippen LogP contribution in [0.4, 0.5) is 5.69 Å². The minimum Gasteiger partial charge on any atom is -0.478 e. The van der Waals surface area contributed by atoms with Crippen molar-refractivity contribution in [3.63, 3.8) is 0 Å². The number of hydrogen-bond acceptors (Lipinski definition) is 4. The van der Waals surface area contributed by atoms with Gasteiger partial charge >= 0.3 is 11.9 Å². The average Bonchev–Trinajstić information content (AvgIpc) is 2.22. The Labute approximate surface area is 99.2 Å². The number of carbonyl (C=O) groups excluding carboxylic acids is 1. The number of nitrogen functional groups attached to an aromatic ring is 1. The molecule has 0 heterocycles. The fourth-order valence-corrected chi connectivity index (χ4v) is 1.62. The molecule has 0 unspecified atom stereocenters. The van der Waals surface area contributed by atoms with Gasteiger partial charge in [-0.3, -0.25) is 4.79 Å². The molecule has 0 amide bonds. The van der Waals surface area contributed by atoms with Gasteiger partial charge in [0.1, 0.15) is 5.75 Å². The molecule has 0 fully saturated rings. The highest BCUT2D eigenvalue weighted by molar-refractivity contribution is 5.96. The summed E-state index contributed by atoms with van der Waals surface area (Å²) in [6, 6.07) is 1.49. The summed E-state index contributed by atoms with van der Waals surface area (Å²) >= 11 is 0. The predicted molar refractivity (Wildman–Crippen MR) is 63.2 cm³/mol. The van der Waals surface area contributed by atoms with E-state index in [9.17, 15) is 9.59 Å². The number of aromatic carboxylic acids is 1. The maximum atomic E-state index is 11.3. The highest BCUT2D eigenvalue weighted by Crippen LogP contribution is 2.31. The molecule has 0 aliphatic carbocycles. The third-order valence-corrected chi connectivity index (χ3v) is 2.45. The second kappa shape index (κ2) is 4.86. The quantitative estimate of drug-likeness (QED) is 0.476. The monoisotopic (exact) mass is 237 g/mol. The molecular formula is C12H15NO4. The first kappa shape index (κ1) is 13.0. The molecule has 0 aliphatic heterocycles. The molecule has 92 valence electrons. The molecule has 0 aromatic heterocycles. The van der Waals surface area contributed by atoms with Crippen LogP contribution in [0.1, 0.15) is 34.8 Å². The summed E-state index contributed by atoms with van der Waals surface area (Å²) in [4.78, 5) is 22.3. The standard InChI is InChI=1S/C12H15NO4/c1-4-9(14)17-11-6(2)5-8(13)10(7(11)3)12(15)16/h5H,4,13H2,1-3H3,(H,15,16). The van der Waals surface area contributed by atoms with Crippen LogP contribution in [-0.2, 0) is 4.79 Å². The topological polar surface area (TPSA) is 89.6 Å². The second-order valence-electron chi connectivity index (χ2n) is 3.74. The molecule has 0 bridgehead atoms. The summed E-state index contributed by atoms with van der Waals surface area (Å²) in [5.41, 5.74) is 6.80. The number of carboxylic acids is 1. The van der Waals surface area contributed by atoms with Gasteiger partial charge in [0.2, 0.25) is 0 Å². The van der Waals surface area contributed by atoms with E-state index in [2.05, 4.69) is 0 Å². The van der Waals surface area contributed by atoms with Gasteiger partial charge in [0.25, 0.3) is 0 Å². The third-order valence-electron chi connectivity index (χ3n) is 2.45. The lowest BCUT2D eigenvalue weighted by molar-refractivity contribution is -0.134. The van der Waals surface area contributed by atoms with Crippen molar-refractivity contribution in [2.24, 2.45) is 0 Å². The SMILES string of the molecule is CCC(=O)Oc1c(C)cc(N)c(C(=O)O)c1C. The van der Waals surface area contributed by atoms with Gasteiger partial charge in [0.05, 0.1) is 5.56 Å². The zero-order valence-corrected chi connectivity index (χ0v) is 10.0. The number of anilines is 1. The van der Waals surface area contributed by atoms with E-state index in [4.69, 9.17) is 15.6 Å². The van der Waals surface area contributed by atoms with Crippen LogP contribution in [0.25, 0.3) is 0 Å². The van der Waals surface area contributed by atoms with Crippen LogP contribution in [0, 0.1) is 13.8 Å². The van der Waals surface area contributed by atoms with E-state index in [0.29, 0.717) is 11.1 Å². The second-order valence-corrected chi connectivity index (χ2v) is 3.74. The van der Waals surface area contributed by atoms with E-state index in [1.807, 2.05) is 0 Å². The van der Waals surface area contributed by atoms with Gasteiger partial charge in [-0.05, 0) is 25.5 Å². The normalized spacial score (nSPS) is 10.1. The predicted octanol–water partition coefficient (Wildman–Crippen LogP) is 1.90. The van der Waals surface area contributed by atoms with Crippen LogP contribution in [0.15, 0.2) is 6.07 Å². The number of rotatable bonds is 3. The van der Waals surface area contributed by atoms with Gasteiger partial charge in [-0.2, -0.15) is 0 Å². The first-order valence-electron chi connectivity index (χ1n) is 5.22. The number of nitrogens with two attached hydrogens (primary N) is 1. The maximum Gasteiger partial charge on any atom is 0.338 e. The molecule has 0 aliphatic rings. The van der Waals surface area contributed by atoms with Crippen molar-refractivity contribution in [1.82, 2.24) is 0 Å². The Bertz CT molecular complexity index is 480. The third kappa shape index (κ3) is 2.55. The lowest BCUT2D eigenvalue weighted by Gasteiger charge is -2.14. The summed E-state index contributed by atoms with van der Waals surface area (Å²) in [7, 11) is 0. The first-order chi connectivity index (χ1) is 7.88. The number of esters is 1. The molecular weight excluding hydrogens is 222 g/mol. The van der Waals surface area contributed by atoms with Gasteiger partial charge < -0.3 is 15.6 Å². The number of aryl methyl sites for hydroxylation is 1. The summed E-state index contributed by atoms with van der Waals surface area (Å²) < 4.78 is 5.11. The van der Waals surface area contributed by atoms with Crippen molar-refractivity contribution in [2.75, 3.05) is 5.73 Å². The lowest BCUT2D eigenvalue weighted by Crippen LogP contribution is -2.12. The van der Waals surface area contributed by atoms with E-state index in [1.165, 1.54) is 6.07 Å². The summed E-state index contributed by atoms with van der Waals surface area (Å²) in [6.45, 7) is 4.96. The van der Waals surface area contributed by atoms with E-state index < -0.39 is 11.9 Å². The van der Waals surface area contributed by atoms with E-state index in [-0.39, 0.29) is 23.4 Å².